The van der Waals surface area contributed by atoms with Gasteiger partial charge in [0.05, 0.1) is 7.11 Å². The molecule has 3 rings (SSSR count). The second-order valence-electron chi connectivity index (χ2n) is 4.48. The Kier molecular flexibility index (Phi) is 3.49. The number of aryl methyl sites for hydroxylation is 1. The molecule has 1 aromatic heterocycles. The third kappa shape index (κ3) is 2.43. The van der Waals surface area contributed by atoms with E-state index >= 15 is 0 Å². The highest BCUT2D eigenvalue weighted by atomic mass is 16.7. The third-order valence-electron chi connectivity index (χ3n) is 3.21. The Labute approximate surface area is 122 Å². The van der Waals surface area contributed by atoms with Gasteiger partial charge in [-0.2, -0.15) is 0 Å². The number of ether oxygens (including phenoxy) is 3. The summed E-state index contributed by atoms with van der Waals surface area (Å²) in [4.78, 5) is 8.88. The van der Waals surface area contributed by atoms with Crippen LogP contribution in [0.4, 0.5) is 5.82 Å². The topological polar surface area (TPSA) is 91.5 Å². The molecule has 110 valence electrons. The lowest BCUT2D eigenvalue weighted by Crippen LogP contribution is -2.10. The predicted octanol–water partition coefficient (Wildman–Crippen LogP) is 1.73. The van der Waals surface area contributed by atoms with Gasteiger partial charge in [0.15, 0.2) is 17.3 Å². The summed E-state index contributed by atoms with van der Waals surface area (Å²) in [6.07, 6.45) is 0.784. The number of hydrazine groups is 1. The third-order valence-corrected chi connectivity index (χ3v) is 3.21. The minimum Gasteiger partial charge on any atom is -0.493 e. The van der Waals surface area contributed by atoms with E-state index in [4.69, 9.17) is 20.1 Å². The normalized spacial score (nSPS) is 12.3. The van der Waals surface area contributed by atoms with Crippen LogP contribution >= 0.6 is 0 Å². The molecule has 0 saturated carbocycles. The van der Waals surface area contributed by atoms with Crippen molar-refractivity contribution in [3.05, 3.63) is 23.9 Å². The van der Waals surface area contributed by atoms with Crippen molar-refractivity contribution < 1.29 is 14.2 Å². The molecule has 1 aliphatic rings. The first-order chi connectivity index (χ1) is 10.2. The van der Waals surface area contributed by atoms with Gasteiger partial charge in [0.2, 0.25) is 12.5 Å². The summed E-state index contributed by atoms with van der Waals surface area (Å²) in [6.45, 7) is 2.20. The van der Waals surface area contributed by atoms with Crippen molar-refractivity contribution in [3.63, 3.8) is 0 Å². The van der Waals surface area contributed by atoms with Crippen molar-refractivity contribution in [2.24, 2.45) is 5.84 Å². The number of benzene rings is 1. The van der Waals surface area contributed by atoms with E-state index in [-0.39, 0.29) is 6.79 Å². The summed E-state index contributed by atoms with van der Waals surface area (Å²) in [5, 5.41) is 0. The van der Waals surface area contributed by atoms with Crippen molar-refractivity contribution in [1.82, 2.24) is 9.97 Å². The first kappa shape index (κ1) is 13.4. The van der Waals surface area contributed by atoms with E-state index in [0.29, 0.717) is 28.9 Å². The molecule has 0 aliphatic carbocycles. The fourth-order valence-electron chi connectivity index (χ4n) is 2.14. The molecular formula is C14H16N4O3. The Hall–Kier alpha value is -2.54. The summed E-state index contributed by atoms with van der Waals surface area (Å²) in [6, 6.07) is 5.47. The van der Waals surface area contributed by atoms with Crippen molar-refractivity contribution >= 4 is 5.82 Å². The highest BCUT2D eigenvalue weighted by Crippen LogP contribution is 2.43. The number of aromatic nitrogens is 2. The van der Waals surface area contributed by atoms with E-state index in [1.807, 2.05) is 25.1 Å². The number of nitrogens with zero attached hydrogens (tertiary/aromatic N) is 2. The van der Waals surface area contributed by atoms with Crippen LogP contribution in [0.25, 0.3) is 11.4 Å². The number of hydrogen-bond acceptors (Lipinski definition) is 7. The van der Waals surface area contributed by atoms with Crippen LogP contribution in [0.3, 0.4) is 0 Å². The van der Waals surface area contributed by atoms with Gasteiger partial charge in [0.25, 0.3) is 0 Å². The molecule has 7 heteroatoms. The van der Waals surface area contributed by atoms with Crippen molar-refractivity contribution in [3.8, 4) is 28.6 Å². The Bertz CT molecular complexity index is 653. The predicted molar refractivity (Wildman–Crippen MR) is 77.3 cm³/mol. The van der Waals surface area contributed by atoms with Crippen molar-refractivity contribution in [2.45, 2.75) is 13.3 Å². The Morgan fingerprint density at radius 1 is 1.29 bits per heavy atom. The van der Waals surface area contributed by atoms with Crippen LogP contribution in [0.2, 0.25) is 0 Å². The number of anilines is 1. The fourth-order valence-corrected chi connectivity index (χ4v) is 2.14. The number of fused-ring (bicyclic) bond motifs is 1. The molecule has 7 nitrogen and oxygen atoms in total. The van der Waals surface area contributed by atoms with Crippen LogP contribution < -0.4 is 25.5 Å². The monoisotopic (exact) mass is 288 g/mol. The summed E-state index contributed by atoms with van der Waals surface area (Å²) < 4.78 is 16.1. The van der Waals surface area contributed by atoms with Gasteiger partial charge in [-0.25, -0.2) is 15.8 Å². The molecular weight excluding hydrogens is 272 g/mol. The first-order valence-electron chi connectivity index (χ1n) is 6.57. The lowest BCUT2D eigenvalue weighted by atomic mass is 10.1. The maximum atomic E-state index is 5.46. The average Bonchev–Trinajstić information content (AvgIpc) is 3.01. The molecule has 0 radical (unpaired) electrons. The van der Waals surface area contributed by atoms with Gasteiger partial charge in [-0.15, -0.1) is 0 Å². The van der Waals surface area contributed by atoms with E-state index in [1.54, 1.807) is 7.11 Å². The lowest BCUT2D eigenvalue weighted by Gasteiger charge is -2.09. The highest BCUT2D eigenvalue weighted by molar-refractivity contribution is 5.68. The minimum atomic E-state index is 0.181. The van der Waals surface area contributed by atoms with Gasteiger partial charge in [-0.3, -0.25) is 0 Å². The maximum Gasteiger partial charge on any atom is 0.231 e. The summed E-state index contributed by atoms with van der Waals surface area (Å²) in [7, 11) is 1.58. The van der Waals surface area contributed by atoms with Gasteiger partial charge >= 0.3 is 0 Å². The number of nitrogens with one attached hydrogen (secondary N) is 1. The molecule has 2 aromatic rings. The molecule has 0 unspecified atom stereocenters. The number of rotatable bonds is 4. The zero-order valence-electron chi connectivity index (χ0n) is 11.8. The average molecular weight is 288 g/mol. The number of hydrogen-bond donors (Lipinski definition) is 2. The second kappa shape index (κ2) is 5.45. The largest absolute Gasteiger partial charge is 0.493 e. The second-order valence-corrected chi connectivity index (χ2v) is 4.48. The zero-order valence-corrected chi connectivity index (χ0v) is 11.8. The molecule has 1 aliphatic heterocycles. The van der Waals surface area contributed by atoms with Crippen LogP contribution in [-0.2, 0) is 6.42 Å². The Morgan fingerprint density at radius 2 is 2.14 bits per heavy atom. The van der Waals surface area contributed by atoms with E-state index in [9.17, 15) is 0 Å². The van der Waals surface area contributed by atoms with Gasteiger partial charge in [0.1, 0.15) is 5.82 Å². The van der Waals surface area contributed by atoms with E-state index < -0.39 is 0 Å². The molecule has 0 spiro atoms. The van der Waals surface area contributed by atoms with E-state index in [0.717, 1.165) is 17.7 Å². The van der Waals surface area contributed by atoms with Crippen molar-refractivity contribution in [2.75, 3.05) is 19.3 Å². The molecule has 1 aromatic carbocycles. The highest BCUT2D eigenvalue weighted by Gasteiger charge is 2.21. The van der Waals surface area contributed by atoms with Crippen LogP contribution in [0.15, 0.2) is 18.2 Å². The van der Waals surface area contributed by atoms with Crippen LogP contribution in [0.5, 0.6) is 17.2 Å². The zero-order chi connectivity index (χ0) is 14.8. The molecule has 0 saturated heterocycles. The smallest absolute Gasteiger partial charge is 0.231 e. The maximum absolute atomic E-state index is 5.46. The number of nitrogen functional groups attached to an aromatic ring is 1. The quantitative estimate of drug-likeness (QED) is 0.654. The van der Waals surface area contributed by atoms with Crippen LogP contribution in [-0.4, -0.2) is 23.9 Å². The van der Waals surface area contributed by atoms with E-state index in [1.165, 1.54) is 0 Å². The fraction of sp³-hybridized carbons (Fsp3) is 0.286. The van der Waals surface area contributed by atoms with Gasteiger partial charge < -0.3 is 19.6 Å². The SMILES string of the molecule is CCc1cc(NN)nc(-c2cc(OC)c3c(c2)OCO3)n1. The summed E-state index contributed by atoms with van der Waals surface area (Å²) >= 11 is 0. The standard InChI is InChI=1S/C14H16N4O3/c1-3-9-6-12(18-15)17-14(16-9)8-4-10(19-2)13-11(5-8)20-7-21-13/h4-6H,3,7,15H2,1-2H3,(H,16,17,18). The van der Waals surface area contributed by atoms with Crippen LogP contribution in [0.1, 0.15) is 12.6 Å². The molecule has 21 heavy (non-hydrogen) atoms. The molecule has 0 fully saturated rings. The molecule has 0 atom stereocenters. The lowest BCUT2D eigenvalue weighted by molar-refractivity contribution is 0.171. The van der Waals surface area contributed by atoms with Crippen LogP contribution in [0, 0.1) is 0 Å². The number of methoxy groups -OCH3 is 1. The summed E-state index contributed by atoms with van der Waals surface area (Å²) in [5.41, 5.74) is 4.23. The molecule has 3 N–H and O–H groups in total. The van der Waals surface area contributed by atoms with Gasteiger partial charge in [0, 0.05) is 17.3 Å². The van der Waals surface area contributed by atoms with Crippen molar-refractivity contribution in [1.29, 1.82) is 0 Å². The van der Waals surface area contributed by atoms with E-state index in [2.05, 4.69) is 15.4 Å². The Morgan fingerprint density at radius 3 is 2.86 bits per heavy atom. The Balaban J connectivity index is 2.12. The minimum absolute atomic E-state index is 0.181. The first-order valence-corrected chi connectivity index (χ1v) is 6.57. The van der Waals surface area contributed by atoms with Gasteiger partial charge in [-0.1, -0.05) is 6.92 Å². The molecule has 0 bridgehead atoms. The number of nitrogens with two attached hydrogens (primary N) is 1. The molecule has 2 heterocycles. The summed E-state index contributed by atoms with van der Waals surface area (Å²) in [5.74, 6) is 8.39. The molecule has 0 amide bonds. The van der Waals surface area contributed by atoms with Gasteiger partial charge in [-0.05, 0) is 18.6 Å².